The topological polar surface area (TPSA) is 65.3 Å². The van der Waals surface area contributed by atoms with Gasteiger partial charge < -0.3 is 10.1 Å². The number of carbonyl (C=O) groups excluding carboxylic acids is 1. The number of amides is 1. The molecule has 0 bridgehead atoms. The van der Waals surface area contributed by atoms with Crippen LogP contribution in [-0.2, 0) is 6.54 Å². The van der Waals surface area contributed by atoms with Gasteiger partial charge in [-0.15, -0.1) is 0 Å². The molecule has 194 valence electrons. The first kappa shape index (κ1) is 26.1. The molecule has 2 aromatic carbocycles. The number of thioether (sulfide) groups is 1. The van der Waals surface area contributed by atoms with Crippen molar-refractivity contribution in [1.29, 1.82) is 0 Å². The maximum Gasteiger partial charge on any atom is 0.387 e. The first-order valence-corrected chi connectivity index (χ1v) is 12.4. The number of aromatic nitrogens is 2. The lowest BCUT2D eigenvalue weighted by atomic mass is 9.94. The summed E-state index contributed by atoms with van der Waals surface area (Å²) in [5, 5.41) is 3.01. The normalized spacial score (nSPS) is 16.4. The zero-order valence-corrected chi connectivity index (χ0v) is 20.0. The van der Waals surface area contributed by atoms with Crippen LogP contribution in [0, 0.1) is 0 Å². The number of ether oxygens (including phenoxy) is 1. The van der Waals surface area contributed by atoms with Crippen molar-refractivity contribution in [3.8, 4) is 11.4 Å². The predicted octanol–water partition coefficient (Wildman–Crippen LogP) is 5.01. The average Bonchev–Trinajstić information content (AvgIpc) is 3.09. The lowest BCUT2D eigenvalue weighted by Crippen LogP contribution is -2.48. The molecule has 3 aromatic rings. The highest BCUT2D eigenvalue weighted by molar-refractivity contribution is 7.99. The minimum absolute atomic E-state index is 0.0560. The van der Waals surface area contributed by atoms with Crippen LogP contribution in [0.3, 0.4) is 0 Å². The second-order valence-corrected chi connectivity index (χ2v) is 10.0. The summed E-state index contributed by atoms with van der Waals surface area (Å²) in [6.07, 6.45) is -4.40. The molecule has 1 saturated heterocycles. The summed E-state index contributed by atoms with van der Waals surface area (Å²) in [4.78, 5) is 26.3. The molecular formula is C24H24F5N3O3S. The van der Waals surface area contributed by atoms with Crippen molar-refractivity contribution in [3.05, 3.63) is 58.5 Å². The Morgan fingerprint density at radius 1 is 1.08 bits per heavy atom. The van der Waals surface area contributed by atoms with Crippen LogP contribution in [0.2, 0.25) is 0 Å². The number of halogens is 5. The van der Waals surface area contributed by atoms with Crippen LogP contribution < -0.4 is 15.7 Å². The van der Waals surface area contributed by atoms with E-state index in [4.69, 9.17) is 0 Å². The standard InChI is InChI=1S/C24H24F5N3O3S/c1-24(7-9-36-10-8-24)30-21(33)14-5-6-18-19(11-14)31(13-17(25)20(26)27)23(34)32(18)15-3-2-4-16(12-15)35-22(28)29/h2-6,11-12,17,20,22H,7-10,13H2,1H3,(H,30,33). The molecule has 0 saturated carbocycles. The third kappa shape index (κ3) is 5.53. The van der Waals surface area contributed by atoms with Gasteiger partial charge in [0.25, 0.3) is 12.3 Å². The first-order valence-electron chi connectivity index (χ1n) is 11.2. The molecule has 2 heterocycles. The molecule has 0 spiro atoms. The monoisotopic (exact) mass is 529 g/mol. The third-order valence-corrected chi connectivity index (χ3v) is 7.12. The molecule has 36 heavy (non-hydrogen) atoms. The van der Waals surface area contributed by atoms with Gasteiger partial charge >= 0.3 is 12.3 Å². The van der Waals surface area contributed by atoms with Crippen molar-refractivity contribution in [2.45, 2.75) is 51.1 Å². The zero-order valence-electron chi connectivity index (χ0n) is 19.2. The number of hydrogen-bond donors (Lipinski definition) is 1. The molecule has 1 fully saturated rings. The van der Waals surface area contributed by atoms with E-state index in [0.29, 0.717) is 0 Å². The van der Waals surface area contributed by atoms with E-state index in [1.807, 2.05) is 6.92 Å². The van der Waals surface area contributed by atoms with E-state index < -0.39 is 42.9 Å². The largest absolute Gasteiger partial charge is 0.435 e. The van der Waals surface area contributed by atoms with Crippen molar-refractivity contribution in [3.63, 3.8) is 0 Å². The highest BCUT2D eigenvalue weighted by atomic mass is 32.2. The SMILES string of the molecule is CC1(NC(=O)c2ccc3c(c2)n(CC(F)C(F)F)c(=O)n3-c2cccc(OC(F)F)c2)CCSCC1. The molecule has 4 rings (SSSR count). The summed E-state index contributed by atoms with van der Waals surface area (Å²) in [6, 6.07) is 9.52. The fraction of sp³-hybridized carbons (Fsp3) is 0.417. The van der Waals surface area contributed by atoms with Gasteiger partial charge in [-0.05, 0) is 61.6 Å². The van der Waals surface area contributed by atoms with Gasteiger partial charge in [0.1, 0.15) is 5.75 Å². The lowest BCUT2D eigenvalue weighted by Gasteiger charge is -2.34. The van der Waals surface area contributed by atoms with Gasteiger partial charge in [0.15, 0.2) is 6.17 Å². The van der Waals surface area contributed by atoms with Crippen LogP contribution in [0.25, 0.3) is 16.7 Å². The molecule has 1 amide bonds. The molecule has 1 aliphatic heterocycles. The molecule has 1 atom stereocenters. The maximum atomic E-state index is 14.1. The molecule has 1 N–H and O–H groups in total. The minimum atomic E-state index is -3.33. The second kappa shape index (κ2) is 10.5. The van der Waals surface area contributed by atoms with E-state index in [-0.39, 0.29) is 28.0 Å². The van der Waals surface area contributed by atoms with Crippen LogP contribution in [0.1, 0.15) is 30.1 Å². The summed E-state index contributed by atoms with van der Waals surface area (Å²) >= 11 is 1.80. The second-order valence-electron chi connectivity index (χ2n) is 8.79. The highest BCUT2D eigenvalue weighted by Crippen LogP contribution is 2.28. The average molecular weight is 530 g/mol. The quantitative estimate of drug-likeness (QED) is 0.417. The molecule has 0 radical (unpaired) electrons. The Morgan fingerprint density at radius 2 is 1.81 bits per heavy atom. The van der Waals surface area contributed by atoms with E-state index in [9.17, 15) is 31.5 Å². The number of fused-ring (bicyclic) bond motifs is 1. The van der Waals surface area contributed by atoms with Crippen molar-refractivity contribution >= 4 is 28.7 Å². The Hall–Kier alpha value is -3.02. The van der Waals surface area contributed by atoms with Gasteiger partial charge in [0.05, 0.1) is 23.3 Å². The summed E-state index contributed by atoms with van der Waals surface area (Å²) in [5.74, 6) is 1.17. The van der Waals surface area contributed by atoms with Gasteiger partial charge in [0, 0.05) is 17.2 Å². The molecule has 0 aliphatic carbocycles. The molecular weight excluding hydrogens is 505 g/mol. The van der Waals surface area contributed by atoms with Crippen LogP contribution in [0.4, 0.5) is 22.0 Å². The number of nitrogens with zero attached hydrogens (tertiary/aromatic N) is 2. The van der Waals surface area contributed by atoms with Gasteiger partial charge in [0.2, 0.25) is 0 Å². The number of hydrogen-bond acceptors (Lipinski definition) is 4. The fourth-order valence-corrected chi connectivity index (χ4v) is 5.56. The zero-order chi connectivity index (χ0) is 26.0. The van der Waals surface area contributed by atoms with Crippen molar-refractivity contribution in [2.75, 3.05) is 11.5 Å². The lowest BCUT2D eigenvalue weighted by molar-refractivity contribution is -0.0498. The Morgan fingerprint density at radius 3 is 2.47 bits per heavy atom. The predicted molar refractivity (Wildman–Crippen MR) is 127 cm³/mol. The molecule has 1 unspecified atom stereocenters. The van der Waals surface area contributed by atoms with Crippen molar-refractivity contribution in [1.82, 2.24) is 14.5 Å². The Balaban J connectivity index is 1.79. The molecule has 1 aliphatic rings. The Labute approximate surface area is 207 Å². The van der Waals surface area contributed by atoms with E-state index >= 15 is 0 Å². The molecule has 6 nitrogen and oxygen atoms in total. The van der Waals surface area contributed by atoms with E-state index in [1.165, 1.54) is 42.5 Å². The van der Waals surface area contributed by atoms with Gasteiger partial charge in [-0.25, -0.2) is 18.0 Å². The number of imidazole rings is 1. The summed E-state index contributed by atoms with van der Waals surface area (Å²) in [6.45, 7) is -2.10. The summed E-state index contributed by atoms with van der Waals surface area (Å²) in [7, 11) is 0. The number of rotatable bonds is 8. The van der Waals surface area contributed by atoms with Crippen LogP contribution in [0.15, 0.2) is 47.3 Å². The van der Waals surface area contributed by atoms with Gasteiger partial charge in [-0.1, -0.05) is 6.07 Å². The Kier molecular flexibility index (Phi) is 7.62. The maximum absolute atomic E-state index is 14.1. The molecule has 12 heteroatoms. The fourth-order valence-electron chi connectivity index (χ4n) is 4.17. The number of benzene rings is 2. The summed E-state index contributed by atoms with van der Waals surface area (Å²) < 4.78 is 71.7. The summed E-state index contributed by atoms with van der Waals surface area (Å²) in [5.41, 5.74) is -0.744. The van der Waals surface area contributed by atoms with Gasteiger partial charge in [-0.2, -0.15) is 20.5 Å². The van der Waals surface area contributed by atoms with E-state index in [1.54, 1.807) is 11.8 Å². The van der Waals surface area contributed by atoms with E-state index in [0.717, 1.165) is 33.5 Å². The minimum Gasteiger partial charge on any atom is -0.435 e. The Bertz CT molecular complexity index is 1300. The number of alkyl halides is 5. The number of carbonyl (C=O) groups is 1. The van der Waals surface area contributed by atoms with Gasteiger partial charge in [-0.3, -0.25) is 13.9 Å². The molecule has 1 aromatic heterocycles. The third-order valence-electron chi connectivity index (χ3n) is 6.13. The van der Waals surface area contributed by atoms with Crippen molar-refractivity contribution < 1.29 is 31.5 Å². The van der Waals surface area contributed by atoms with E-state index in [2.05, 4.69) is 10.1 Å². The van der Waals surface area contributed by atoms with Crippen molar-refractivity contribution in [2.24, 2.45) is 0 Å². The smallest absolute Gasteiger partial charge is 0.387 e. The number of nitrogens with one attached hydrogen (secondary N) is 1. The van der Waals surface area contributed by atoms with Crippen LogP contribution >= 0.6 is 11.8 Å². The van der Waals surface area contributed by atoms with Crippen LogP contribution in [-0.4, -0.2) is 51.3 Å². The highest BCUT2D eigenvalue weighted by Gasteiger charge is 2.30. The van der Waals surface area contributed by atoms with Crippen LogP contribution in [0.5, 0.6) is 5.75 Å². The first-order chi connectivity index (χ1) is 17.1.